The van der Waals surface area contributed by atoms with Gasteiger partial charge in [-0.25, -0.2) is 0 Å². The van der Waals surface area contributed by atoms with E-state index in [4.69, 9.17) is 9.47 Å². The van der Waals surface area contributed by atoms with E-state index in [0.717, 1.165) is 30.9 Å². The van der Waals surface area contributed by atoms with Crippen molar-refractivity contribution in [1.29, 1.82) is 0 Å². The molecule has 0 unspecified atom stereocenters. The molecular weight excluding hydrogens is 298 g/mol. The van der Waals surface area contributed by atoms with E-state index in [2.05, 4.69) is 36.1 Å². The number of hydrogen-bond acceptors (Lipinski definition) is 3. The van der Waals surface area contributed by atoms with Gasteiger partial charge >= 0.3 is 0 Å². The molecule has 0 bridgehead atoms. The van der Waals surface area contributed by atoms with Crippen molar-refractivity contribution in [2.45, 2.75) is 32.2 Å². The molecule has 126 valence electrons. The number of nitrogens with zero attached hydrogens (tertiary/aromatic N) is 1. The maximum atomic E-state index is 5.75. The van der Waals surface area contributed by atoms with Crippen LogP contribution in [0.15, 0.2) is 30.3 Å². The predicted octanol–water partition coefficient (Wildman–Crippen LogP) is 4.24. The van der Waals surface area contributed by atoms with Gasteiger partial charge in [-0.2, -0.15) is 0 Å². The Morgan fingerprint density at radius 3 is 2.71 bits per heavy atom. The molecule has 0 aromatic heterocycles. The number of methoxy groups -OCH3 is 2. The maximum Gasteiger partial charge on any atom is 0.168 e. The largest absolute Gasteiger partial charge is 0.493 e. The van der Waals surface area contributed by atoms with Crippen LogP contribution in [0.25, 0.3) is 11.1 Å². The molecule has 1 aliphatic carbocycles. The van der Waals surface area contributed by atoms with E-state index < -0.39 is 0 Å². The highest BCUT2D eigenvalue weighted by atomic mass is 16.5. The smallest absolute Gasteiger partial charge is 0.168 e. The van der Waals surface area contributed by atoms with Crippen LogP contribution in [0.4, 0.5) is 0 Å². The van der Waals surface area contributed by atoms with Crippen LogP contribution in [0.3, 0.4) is 0 Å². The summed E-state index contributed by atoms with van der Waals surface area (Å²) in [7, 11) is 3.45. The summed E-state index contributed by atoms with van der Waals surface area (Å²) >= 11 is 0. The Hall–Kier alpha value is -2.00. The van der Waals surface area contributed by atoms with Crippen LogP contribution in [0, 0.1) is 0 Å². The number of fused-ring (bicyclic) bond motifs is 2. The SMILES string of the molecule is CCCN1CCc2cccc3c2[C@H]1Cc1ccc(OC)c(OC)c1-3. The molecule has 3 heteroatoms. The van der Waals surface area contributed by atoms with Crippen LogP contribution < -0.4 is 9.47 Å². The van der Waals surface area contributed by atoms with Gasteiger partial charge in [0.05, 0.1) is 14.2 Å². The Bertz CT molecular complexity index is 769. The lowest BCUT2D eigenvalue weighted by atomic mass is 9.76. The van der Waals surface area contributed by atoms with Crippen LogP contribution in [0.2, 0.25) is 0 Å². The van der Waals surface area contributed by atoms with Crippen molar-refractivity contribution in [1.82, 2.24) is 4.90 Å². The minimum atomic E-state index is 0.496. The molecule has 2 aromatic carbocycles. The van der Waals surface area contributed by atoms with Crippen LogP contribution in [-0.4, -0.2) is 32.2 Å². The summed E-state index contributed by atoms with van der Waals surface area (Å²) in [5.41, 5.74) is 6.93. The summed E-state index contributed by atoms with van der Waals surface area (Å²) in [6.45, 7) is 4.60. The molecule has 0 amide bonds. The van der Waals surface area contributed by atoms with E-state index in [1.807, 2.05) is 6.07 Å². The third-order valence-corrected chi connectivity index (χ3v) is 5.46. The molecule has 1 atom stereocenters. The van der Waals surface area contributed by atoms with E-state index in [0.29, 0.717) is 6.04 Å². The molecule has 4 rings (SSSR count). The van der Waals surface area contributed by atoms with Gasteiger partial charge in [-0.3, -0.25) is 4.90 Å². The second-order valence-electron chi connectivity index (χ2n) is 6.72. The van der Waals surface area contributed by atoms with Gasteiger partial charge in [-0.15, -0.1) is 0 Å². The van der Waals surface area contributed by atoms with E-state index in [-0.39, 0.29) is 0 Å². The quantitative estimate of drug-likeness (QED) is 0.840. The first-order valence-electron chi connectivity index (χ1n) is 8.88. The van der Waals surface area contributed by atoms with Crippen molar-refractivity contribution < 1.29 is 9.47 Å². The molecule has 1 heterocycles. The Kier molecular flexibility index (Phi) is 3.97. The van der Waals surface area contributed by atoms with E-state index in [9.17, 15) is 0 Å². The molecule has 2 aromatic rings. The third kappa shape index (κ3) is 2.22. The fourth-order valence-electron chi connectivity index (χ4n) is 4.47. The van der Waals surface area contributed by atoms with E-state index in [1.54, 1.807) is 14.2 Å². The monoisotopic (exact) mass is 323 g/mol. The fraction of sp³-hybridized carbons (Fsp3) is 0.429. The molecule has 0 N–H and O–H groups in total. The Balaban J connectivity index is 1.94. The van der Waals surface area contributed by atoms with Gasteiger partial charge < -0.3 is 9.47 Å². The summed E-state index contributed by atoms with van der Waals surface area (Å²) < 4.78 is 11.3. The third-order valence-electron chi connectivity index (χ3n) is 5.46. The Morgan fingerprint density at radius 1 is 1.08 bits per heavy atom. The lowest BCUT2D eigenvalue weighted by Gasteiger charge is -2.42. The minimum Gasteiger partial charge on any atom is -0.493 e. The average molecular weight is 323 g/mol. The second-order valence-corrected chi connectivity index (χ2v) is 6.72. The summed E-state index contributed by atoms with van der Waals surface area (Å²) in [4.78, 5) is 2.66. The molecule has 1 aliphatic heterocycles. The zero-order valence-corrected chi connectivity index (χ0v) is 14.8. The maximum absolute atomic E-state index is 5.75. The van der Waals surface area contributed by atoms with E-state index in [1.165, 1.54) is 40.8 Å². The lowest BCUT2D eigenvalue weighted by molar-refractivity contribution is 0.183. The number of ether oxygens (including phenoxy) is 2. The number of benzene rings is 2. The first-order valence-corrected chi connectivity index (χ1v) is 8.88. The summed E-state index contributed by atoms with van der Waals surface area (Å²) in [6, 6.07) is 11.5. The highest BCUT2D eigenvalue weighted by molar-refractivity contribution is 5.82. The zero-order valence-electron chi connectivity index (χ0n) is 14.8. The molecular formula is C21H25NO2. The van der Waals surface area contributed by atoms with Crippen molar-refractivity contribution in [2.24, 2.45) is 0 Å². The van der Waals surface area contributed by atoms with Gasteiger partial charge in [0.2, 0.25) is 0 Å². The van der Waals surface area contributed by atoms with Crippen molar-refractivity contribution in [3.05, 3.63) is 47.0 Å². The molecule has 0 saturated carbocycles. The Morgan fingerprint density at radius 2 is 1.96 bits per heavy atom. The van der Waals surface area contributed by atoms with Gasteiger partial charge in [0, 0.05) is 18.2 Å². The van der Waals surface area contributed by atoms with Crippen LogP contribution >= 0.6 is 0 Å². The van der Waals surface area contributed by atoms with Gasteiger partial charge in [-0.1, -0.05) is 31.2 Å². The number of rotatable bonds is 4. The summed E-state index contributed by atoms with van der Waals surface area (Å²) in [5, 5.41) is 0. The lowest BCUT2D eigenvalue weighted by Crippen LogP contribution is -2.38. The molecule has 2 aliphatic rings. The molecule has 0 fully saturated rings. The topological polar surface area (TPSA) is 21.7 Å². The predicted molar refractivity (Wildman–Crippen MR) is 97.0 cm³/mol. The average Bonchev–Trinajstić information content (AvgIpc) is 2.63. The van der Waals surface area contributed by atoms with E-state index >= 15 is 0 Å². The Labute approximate surface area is 144 Å². The van der Waals surface area contributed by atoms with Gasteiger partial charge in [-0.05, 0) is 54.1 Å². The van der Waals surface area contributed by atoms with Crippen LogP contribution in [-0.2, 0) is 12.8 Å². The van der Waals surface area contributed by atoms with Gasteiger partial charge in [0.15, 0.2) is 11.5 Å². The molecule has 0 spiro atoms. The summed E-state index contributed by atoms with van der Waals surface area (Å²) in [6.07, 6.45) is 3.40. The van der Waals surface area contributed by atoms with Crippen molar-refractivity contribution >= 4 is 0 Å². The van der Waals surface area contributed by atoms with Crippen LogP contribution in [0.5, 0.6) is 11.5 Å². The number of hydrogen-bond donors (Lipinski definition) is 0. The fourth-order valence-corrected chi connectivity index (χ4v) is 4.47. The standard InChI is InChI=1S/C21H25NO2/c1-4-11-22-12-10-14-6-5-7-16-19(14)17(22)13-15-8-9-18(23-2)21(24-3)20(15)16/h5-9,17H,4,10-13H2,1-3H3/t17-/m1/s1. The highest BCUT2D eigenvalue weighted by Gasteiger charge is 2.35. The molecule has 0 radical (unpaired) electrons. The van der Waals surface area contributed by atoms with Crippen LogP contribution in [0.1, 0.15) is 36.1 Å². The van der Waals surface area contributed by atoms with Gasteiger partial charge in [0.25, 0.3) is 0 Å². The first-order chi connectivity index (χ1) is 11.8. The van der Waals surface area contributed by atoms with Gasteiger partial charge in [0.1, 0.15) is 0 Å². The molecule has 3 nitrogen and oxygen atoms in total. The summed E-state index contributed by atoms with van der Waals surface area (Å²) in [5.74, 6) is 1.68. The highest BCUT2D eigenvalue weighted by Crippen LogP contribution is 2.50. The van der Waals surface area contributed by atoms with Crippen molar-refractivity contribution in [3.8, 4) is 22.6 Å². The normalized spacial score (nSPS) is 18.7. The first kappa shape index (κ1) is 15.5. The molecule has 24 heavy (non-hydrogen) atoms. The van der Waals surface area contributed by atoms with Crippen molar-refractivity contribution in [2.75, 3.05) is 27.3 Å². The van der Waals surface area contributed by atoms with Crippen molar-refractivity contribution in [3.63, 3.8) is 0 Å². The molecule has 0 saturated heterocycles. The minimum absolute atomic E-state index is 0.496. The second kappa shape index (κ2) is 6.14. The zero-order chi connectivity index (χ0) is 16.7.